The Bertz CT molecular complexity index is 787. The number of carbonyl (C=O) groups is 1. The van der Waals surface area contributed by atoms with Gasteiger partial charge in [0.1, 0.15) is 5.82 Å². The van der Waals surface area contributed by atoms with Gasteiger partial charge in [0.25, 0.3) is 5.91 Å². The van der Waals surface area contributed by atoms with Crippen LogP contribution in [0, 0.1) is 11.8 Å². The second-order valence-corrected chi connectivity index (χ2v) is 8.17. The number of hydrogen-bond acceptors (Lipinski definition) is 7. The molecule has 1 aromatic heterocycles. The monoisotopic (exact) mass is 385 g/mol. The lowest BCUT2D eigenvalue weighted by Gasteiger charge is -2.29. The third-order valence-corrected chi connectivity index (χ3v) is 5.35. The first-order valence-electron chi connectivity index (χ1n) is 10.1. The van der Waals surface area contributed by atoms with E-state index in [9.17, 15) is 4.79 Å². The lowest BCUT2D eigenvalue weighted by Crippen LogP contribution is -2.42. The zero-order valence-corrected chi connectivity index (χ0v) is 16.9. The molecule has 1 aliphatic carbocycles. The molecule has 6 N–H and O–H groups in total. The quantitative estimate of drug-likeness (QED) is 0.595. The van der Waals surface area contributed by atoms with E-state index in [1.807, 2.05) is 0 Å². The summed E-state index contributed by atoms with van der Waals surface area (Å²) in [6.45, 7) is 6.41. The summed E-state index contributed by atoms with van der Waals surface area (Å²) in [5, 5.41) is 14.8. The highest BCUT2D eigenvalue weighted by Crippen LogP contribution is 2.26. The summed E-state index contributed by atoms with van der Waals surface area (Å²) in [6.07, 6.45) is 7.27. The Balaban J connectivity index is 1.85. The van der Waals surface area contributed by atoms with Crippen LogP contribution in [-0.2, 0) is 0 Å². The normalized spacial score (nSPS) is 25.1. The van der Waals surface area contributed by atoms with Crippen LogP contribution in [0.2, 0.25) is 0 Å². The molecule has 1 aromatic rings. The molecule has 1 unspecified atom stereocenters. The van der Waals surface area contributed by atoms with Gasteiger partial charge < -0.3 is 22.1 Å². The summed E-state index contributed by atoms with van der Waals surface area (Å²) in [5.74, 6) is 1.38. The van der Waals surface area contributed by atoms with E-state index in [0.29, 0.717) is 29.2 Å². The third kappa shape index (κ3) is 4.86. The lowest BCUT2D eigenvalue weighted by atomic mass is 9.91. The molecule has 1 amide bonds. The van der Waals surface area contributed by atoms with Crippen LogP contribution in [-0.4, -0.2) is 33.9 Å². The van der Waals surface area contributed by atoms with Crippen LogP contribution < -0.4 is 22.1 Å². The van der Waals surface area contributed by atoms with Gasteiger partial charge in [-0.25, -0.2) is 4.99 Å². The van der Waals surface area contributed by atoms with Crippen molar-refractivity contribution in [2.45, 2.75) is 65.0 Å². The minimum absolute atomic E-state index is 0.0860. The molecule has 0 bridgehead atoms. The smallest absolute Gasteiger partial charge is 0.271 e. The van der Waals surface area contributed by atoms with Crippen molar-refractivity contribution in [3.8, 4) is 0 Å². The molecule has 152 valence electrons. The van der Waals surface area contributed by atoms with Crippen molar-refractivity contribution in [1.82, 2.24) is 10.2 Å². The molecule has 1 saturated carbocycles. The number of hydrogen-bond donors (Lipinski definition) is 4. The van der Waals surface area contributed by atoms with Crippen LogP contribution in [0.3, 0.4) is 0 Å². The van der Waals surface area contributed by atoms with E-state index in [1.54, 1.807) is 6.07 Å². The van der Waals surface area contributed by atoms with Gasteiger partial charge in [0.05, 0.1) is 5.69 Å². The number of primary amides is 1. The molecule has 3 rings (SSSR count). The highest BCUT2D eigenvalue weighted by Gasteiger charge is 2.23. The van der Waals surface area contributed by atoms with Crippen LogP contribution >= 0.6 is 0 Å². The highest BCUT2D eigenvalue weighted by molar-refractivity contribution is 5.97. The second-order valence-electron chi connectivity index (χ2n) is 8.17. The molecule has 1 aliphatic heterocycles. The van der Waals surface area contributed by atoms with Crippen molar-refractivity contribution in [2.24, 2.45) is 28.3 Å². The Morgan fingerprint density at radius 3 is 2.68 bits per heavy atom. The molecule has 2 aliphatic rings. The Morgan fingerprint density at radius 2 is 2.00 bits per heavy atom. The summed E-state index contributed by atoms with van der Waals surface area (Å²) in [6, 6.07) is 2.00. The zero-order chi connectivity index (χ0) is 20.3. The van der Waals surface area contributed by atoms with E-state index >= 15 is 0 Å². The number of nitrogens with two attached hydrogens (primary N) is 2. The van der Waals surface area contributed by atoms with Crippen LogP contribution in [0.15, 0.2) is 23.0 Å². The van der Waals surface area contributed by atoms with Gasteiger partial charge in [0, 0.05) is 23.9 Å². The molecule has 0 spiro atoms. The first kappa shape index (κ1) is 20.3. The Kier molecular flexibility index (Phi) is 6.28. The van der Waals surface area contributed by atoms with E-state index in [-0.39, 0.29) is 17.8 Å². The number of carbonyl (C=O) groups excluding carboxylic acids is 1. The summed E-state index contributed by atoms with van der Waals surface area (Å²) in [7, 11) is 0. The standard InChI is InChI=1S/C20H31N7O/c1-11(2)15-8-12(3)9-17(24-15)25-16-10-18(26-27-19(16)20(22)28)23-14-7-5-4-6-13(14)21/h9-14H,4-8,21H2,1-3H3,(H2,22,28)(H2,23,25,26)/t12?,13-,14+/m0/s1. The van der Waals surface area contributed by atoms with E-state index in [4.69, 9.17) is 16.5 Å². The number of aromatic nitrogens is 2. The number of anilines is 2. The predicted octanol–water partition coefficient (Wildman–Crippen LogP) is 2.65. The van der Waals surface area contributed by atoms with Gasteiger partial charge in [0.15, 0.2) is 11.5 Å². The van der Waals surface area contributed by atoms with Gasteiger partial charge >= 0.3 is 0 Å². The van der Waals surface area contributed by atoms with Crippen molar-refractivity contribution in [3.63, 3.8) is 0 Å². The van der Waals surface area contributed by atoms with E-state index in [1.165, 1.54) is 0 Å². The third-order valence-electron chi connectivity index (χ3n) is 5.35. The molecular formula is C20H31N7O. The molecule has 0 radical (unpaired) electrons. The summed E-state index contributed by atoms with van der Waals surface area (Å²) in [4.78, 5) is 16.5. The number of amides is 1. The Labute approximate surface area is 166 Å². The SMILES string of the molecule is CC1C=C(Nc2cc(N[C@@H]3CCCC[C@@H]3N)nnc2C(N)=O)N=C(C(C)C)C1. The Hall–Kier alpha value is -2.48. The van der Waals surface area contributed by atoms with Gasteiger partial charge in [0.2, 0.25) is 0 Å². The highest BCUT2D eigenvalue weighted by atomic mass is 16.1. The first-order valence-corrected chi connectivity index (χ1v) is 10.1. The lowest BCUT2D eigenvalue weighted by molar-refractivity contribution is 0.0995. The number of allylic oxidation sites excluding steroid dienone is 1. The molecule has 28 heavy (non-hydrogen) atoms. The van der Waals surface area contributed by atoms with Crippen molar-refractivity contribution >= 4 is 23.1 Å². The van der Waals surface area contributed by atoms with Crippen molar-refractivity contribution in [3.05, 3.63) is 23.7 Å². The second kappa shape index (κ2) is 8.68. The largest absolute Gasteiger partial charge is 0.364 e. The summed E-state index contributed by atoms with van der Waals surface area (Å²) >= 11 is 0. The van der Waals surface area contributed by atoms with E-state index in [0.717, 1.165) is 37.8 Å². The maximum atomic E-state index is 11.8. The number of nitrogens with one attached hydrogen (secondary N) is 2. The predicted molar refractivity (Wildman–Crippen MR) is 112 cm³/mol. The summed E-state index contributed by atoms with van der Waals surface area (Å²) in [5.41, 5.74) is 13.5. The summed E-state index contributed by atoms with van der Waals surface area (Å²) < 4.78 is 0. The van der Waals surface area contributed by atoms with Gasteiger partial charge in [-0.05, 0) is 37.2 Å². The maximum Gasteiger partial charge on any atom is 0.271 e. The minimum atomic E-state index is -0.631. The number of nitrogens with zero attached hydrogens (tertiary/aromatic N) is 3. The molecule has 0 aromatic carbocycles. The van der Waals surface area contributed by atoms with Crippen LogP contribution in [0.25, 0.3) is 0 Å². The maximum absolute atomic E-state index is 11.8. The fourth-order valence-electron chi connectivity index (χ4n) is 3.74. The fourth-order valence-corrected chi connectivity index (χ4v) is 3.74. The zero-order valence-electron chi connectivity index (χ0n) is 16.9. The van der Waals surface area contributed by atoms with E-state index < -0.39 is 5.91 Å². The molecule has 1 fully saturated rings. The van der Waals surface area contributed by atoms with E-state index in [2.05, 4.69) is 47.7 Å². The van der Waals surface area contributed by atoms with Crippen molar-refractivity contribution in [1.29, 1.82) is 0 Å². The molecule has 8 heteroatoms. The van der Waals surface area contributed by atoms with Gasteiger partial charge in [-0.3, -0.25) is 4.79 Å². The average molecular weight is 386 g/mol. The van der Waals surface area contributed by atoms with Gasteiger partial charge in [-0.1, -0.05) is 33.6 Å². The van der Waals surface area contributed by atoms with Crippen molar-refractivity contribution in [2.75, 3.05) is 10.6 Å². The van der Waals surface area contributed by atoms with Crippen molar-refractivity contribution < 1.29 is 4.79 Å². The average Bonchev–Trinajstić information content (AvgIpc) is 2.63. The minimum Gasteiger partial charge on any atom is -0.364 e. The Morgan fingerprint density at radius 1 is 1.25 bits per heavy atom. The molecule has 0 saturated heterocycles. The fraction of sp³-hybridized carbons (Fsp3) is 0.600. The molecular weight excluding hydrogens is 354 g/mol. The molecule has 8 nitrogen and oxygen atoms in total. The number of rotatable bonds is 6. The van der Waals surface area contributed by atoms with Crippen LogP contribution in [0.5, 0.6) is 0 Å². The molecule has 2 heterocycles. The molecule has 3 atom stereocenters. The van der Waals surface area contributed by atoms with Crippen LogP contribution in [0.4, 0.5) is 11.5 Å². The first-order chi connectivity index (χ1) is 13.3. The van der Waals surface area contributed by atoms with Crippen LogP contribution in [0.1, 0.15) is 63.4 Å². The number of aliphatic imine (C=N–C) groups is 1. The van der Waals surface area contributed by atoms with Gasteiger partial charge in [-0.15, -0.1) is 10.2 Å². The topological polar surface area (TPSA) is 131 Å². The van der Waals surface area contributed by atoms with Gasteiger partial charge in [-0.2, -0.15) is 0 Å².